The molecule has 0 unspecified atom stereocenters. The fraction of sp³-hybridized carbons (Fsp3) is 0.688. The third kappa shape index (κ3) is 4.23. The highest BCUT2D eigenvalue weighted by atomic mass is 16.5. The molecule has 1 aromatic heterocycles. The Kier molecular flexibility index (Phi) is 5.57. The van der Waals surface area contributed by atoms with E-state index < -0.39 is 0 Å². The van der Waals surface area contributed by atoms with Crippen molar-refractivity contribution < 1.29 is 9.47 Å². The monoisotopic (exact) mass is 291 g/mol. The molecule has 2 aliphatic rings. The lowest BCUT2D eigenvalue weighted by Crippen LogP contribution is -2.51. The molecule has 0 amide bonds. The van der Waals surface area contributed by atoms with Crippen molar-refractivity contribution in [3.8, 4) is 0 Å². The van der Waals surface area contributed by atoms with Crippen LogP contribution in [0.25, 0.3) is 0 Å². The molecule has 116 valence electrons. The van der Waals surface area contributed by atoms with Crippen molar-refractivity contribution in [1.82, 2.24) is 15.2 Å². The first-order valence-electron chi connectivity index (χ1n) is 7.93. The molecule has 0 aliphatic carbocycles. The van der Waals surface area contributed by atoms with Gasteiger partial charge in [-0.2, -0.15) is 0 Å². The molecule has 0 bridgehead atoms. The van der Waals surface area contributed by atoms with Crippen molar-refractivity contribution in [2.75, 3.05) is 46.1 Å². The Labute approximate surface area is 126 Å². The molecule has 2 fully saturated rings. The van der Waals surface area contributed by atoms with Crippen molar-refractivity contribution in [3.63, 3.8) is 0 Å². The predicted molar refractivity (Wildman–Crippen MR) is 81.0 cm³/mol. The van der Waals surface area contributed by atoms with E-state index in [1.54, 1.807) is 0 Å². The molecule has 2 saturated heterocycles. The Morgan fingerprint density at radius 3 is 2.86 bits per heavy atom. The van der Waals surface area contributed by atoms with Gasteiger partial charge in [0.25, 0.3) is 0 Å². The highest BCUT2D eigenvalue weighted by Crippen LogP contribution is 2.21. The lowest BCUT2D eigenvalue weighted by molar-refractivity contribution is 0.00135. The van der Waals surface area contributed by atoms with E-state index in [1.165, 1.54) is 6.42 Å². The third-order valence-electron chi connectivity index (χ3n) is 4.41. The van der Waals surface area contributed by atoms with Crippen LogP contribution in [-0.4, -0.2) is 62.0 Å². The largest absolute Gasteiger partial charge is 0.381 e. The van der Waals surface area contributed by atoms with Gasteiger partial charge in [-0.05, 0) is 18.6 Å². The summed E-state index contributed by atoms with van der Waals surface area (Å²) in [6, 6.07) is 6.60. The van der Waals surface area contributed by atoms with Gasteiger partial charge in [-0.15, -0.1) is 0 Å². The number of nitrogens with zero attached hydrogens (tertiary/aromatic N) is 2. The third-order valence-corrected chi connectivity index (χ3v) is 4.41. The molecule has 0 radical (unpaired) electrons. The summed E-state index contributed by atoms with van der Waals surface area (Å²) in [6.07, 6.45) is 3.02. The lowest BCUT2D eigenvalue weighted by Gasteiger charge is -2.37. The van der Waals surface area contributed by atoms with Gasteiger partial charge in [0, 0.05) is 50.9 Å². The minimum atomic E-state index is 0.542. The number of aromatic nitrogens is 1. The smallest absolute Gasteiger partial charge is 0.0594 e. The Morgan fingerprint density at radius 1 is 1.24 bits per heavy atom. The summed E-state index contributed by atoms with van der Waals surface area (Å²) in [7, 11) is 0. The number of hydrogen-bond acceptors (Lipinski definition) is 5. The average Bonchev–Trinajstić information content (AvgIpc) is 3.07. The van der Waals surface area contributed by atoms with Gasteiger partial charge in [0.05, 0.1) is 25.5 Å². The van der Waals surface area contributed by atoms with Crippen molar-refractivity contribution in [1.29, 1.82) is 0 Å². The van der Waals surface area contributed by atoms with Gasteiger partial charge in [-0.3, -0.25) is 9.88 Å². The first-order valence-corrected chi connectivity index (χ1v) is 7.93. The molecule has 3 rings (SSSR count). The maximum Gasteiger partial charge on any atom is 0.0594 e. The van der Waals surface area contributed by atoms with E-state index >= 15 is 0 Å². The van der Waals surface area contributed by atoms with Crippen LogP contribution in [0.1, 0.15) is 12.1 Å². The van der Waals surface area contributed by atoms with Crippen molar-refractivity contribution in [2.24, 2.45) is 5.92 Å². The van der Waals surface area contributed by atoms with Crippen molar-refractivity contribution >= 4 is 0 Å². The number of rotatable bonds is 6. The number of pyridine rings is 1. The summed E-state index contributed by atoms with van der Waals surface area (Å²) in [5, 5.41) is 3.58. The molecule has 1 N–H and O–H groups in total. The van der Waals surface area contributed by atoms with Crippen LogP contribution in [0.4, 0.5) is 0 Å². The molecule has 3 heterocycles. The van der Waals surface area contributed by atoms with Crippen LogP contribution >= 0.6 is 0 Å². The zero-order valence-corrected chi connectivity index (χ0v) is 12.5. The Hall–Kier alpha value is -1.01. The lowest BCUT2D eigenvalue weighted by atomic mass is 9.97. The number of morpholine rings is 1. The standard InChI is InChI=1S/C16H25N3O2/c1-2-5-18-15(3-1)11-17-12-16(14-4-8-21-13-14)19-6-9-20-10-7-19/h1-3,5,14,16-17H,4,6-13H2/t14-,16-/m0/s1. The summed E-state index contributed by atoms with van der Waals surface area (Å²) in [4.78, 5) is 6.93. The summed E-state index contributed by atoms with van der Waals surface area (Å²) < 4.78 is 11.1. The molecule has 5 nitrogen and oxygen atoms in total. The highest BCUT2D eigenvalue weighted by molar-refractivity contribution is 5.03. The molecule has 0 saturated carbocycles. The molecule has 5 heteroatoms. The SMILES string of the molecule is c1ccc(CNC[C@@H]([C@H]2CCOC2)N2CCOCC2)nc1. The molecule has 21 heavy (non-hydrogen) atoms. The van der Waals surface area contributed by atoms with Crippen LogP contribution in [0.5, 0.6) is 0 Å². The van der Waals surface area contributed by atoms with E-state index in [1.807, 2.05) is 18.3 Å². The Morgan fingerprint density at radius 2 is 2.14 bits per heavy atom. The normalized spacial score (nSPS) is 25.0. The second-order valence-electron chi connectivity index (χ2n) is 5.79. The minimum absolute atomic E-state index is 0.542. The van der Waals surface area contributed by atoms with Gasteiger partial charge < -0.3 is 14.8 Å². The predicted octanol–water partition coefficient (Wildman–Crippen LogP) is 0.908. The van der Waals surface area contributed by atoms with Crippen molar-refractivity contribution in [3.05, 3.63) is 30.1 Å². The summed E-state index contributed by atoms with van der Waals surface area (Å²) in [6.45, 7) is 7.40. The second kappa shape index (κ2) is 7.84. The minimum Gasteiger partial charge on any atom is -0.381 e. The van der Waals surface area contributed by atoms with Gasteiger partial charge in [0.2, 0.25) is 0 Å². The summed E-state index contributed by atoms with van der Waals surface area (Å²) in [5.74, 6) is 0.638. The topological polar surface area (TPSA) is 46.6 Å². The molecule has 2 atom stereocenters. The first kappa shape index (κ1) is 14.9. The van der Waals surface area contributed by atoms with E-state index in [-0.39, 0.29) is 0 Å². The van der Waals surface area contributed by atoms with Gasteiger partial charge in [-0.25, -0.2) is 0 Å². The van der Waals surface area contributed by atoms with Gasteiger partial charge >= 0.3 is 0 Å². The highest BCUT2D eigenvalue weighted by Gasteiger charge is 2.31. The number of ether oxygens (including phenoxy) is 2. The van der Waals surface area contributed by atoms with E-state index in [9.17, 15) is 0 Å². The van der Waals surface area contributed by atoms with E-state index in [2.05, 4.69) is 21.3 Å². The van der Waals surface area contributed by atoms with E-state index in [0.717, 1.165) is 58.3 Å². The van der Waals surface area contributed by atoms with Crippen LogP contribution in [0.15, 0.2) is 24.4 Å². The van der Waals surface area contributed by atoms with Crippen LogP contribution in [-0.2, 0) is 16.0 Å². The molecular formula is C16H25N3O2. The number of hydrogen-bond donors (Lipinski definition) is 1. The zero-order chi connectivity index (χ0) is 14.3. The van der Waals surface area contributed by atoms with E-state index in [4.69, 9.17) is 9.47 Å². The number of nitrogens with one attached hydrogen (secondary N) is 1. The molecule has 1 aromatic rings. The molecule has 0 spiro atoms. The Balaban J connectivity index is 1.53. The second-order valence-corrected chi connectivity index (χ2v) is 5.79. The van der Waals surface area contributed by atoms with Gasteiger partial charge in [0.15, 0.2) is 0 Å². The fourth-order valence-electron chi connectivity index (χ4n) is 3.21. The van der Waals surface area contributed by atoms with E-state index in [0.29, 0.717) is 12.0 Å². The molecule has 0 aromatic carbocycles. The maximum absolute atomic E-state index is 5.60. The summed E-state index contributed by atoms with van der Waals surface area (Å²) >= 11 is 0. The summed E-state index contributed by atoms with van der Waals surface area (Å²) in [5.41, 5.74) is 1.10. The zero-order valence-electron chi connectivity index (χ0n) is 12.5. The maximum atomic E-state index is 5.60. The van der Waals surface area contributed by atoms with Crippen LogP contribution in [0.2, 0.25) is 0 Å². The van der Waals surface area contributed by atoms with Gasteiger partial charge in [-0.1, -0.05) is 6.07 Å². The van der Waals surface area contributed by atoms with Crippen molar-refractivity contribution in [2.45, 2.75) is 19.0 Å². The van der Waals surface area contributed by atoms with Gasteiger partial charge in [0.1, 0.15) is 0 Å². The van der Waals surface area contributed by atoms with Crippen LogP contribution in [0.3, 0.4) is 0 Å². The quantitative estimate of drug-likeness (QED) is 0.844. The van der Waals surface area contributed by atoms with Crippen LogP contribution < -0.4 is 5.32 Å². The molecule has 2 aliphatic heterocycles. The Bertz CT molecular complexity index is 403. The van der Waals surface area contributed by atoms with Crippen LogP contribution in [0, 0.1) is 5.92 Å². The fourth-order valence-corrected chi connectivity index (χ4v) is 3.21. The molecular weight excluding hydrogens is 266 g/mol. The average molecular weight is 291 g/mol. The first-order chi connectivity index (χ1) is 10.4.